The zero-order chi connectivity index (χ0) is 16.4. The average molecular weight is 306 g/mol. The summed E-state index contributed by atoms with van der Waals surface area (Å²) < 4.78 is 3.19. The van der Waals surface area contributed by atoms with Gasteiger partial charge in [0.2, 0.25) is 0 Å². The molecule has 7 nitrogen and oxygen atoms in total. The summed E-state index contributed by atoms with van der Waals surface area (Å²) in [6, 6.07) is 9.05. The highest BCUT2D eigenvalue weighted by molar-refractivity contribution is 5.97. The summed E-state index contributed by atoms with van der Waals surface area (Å²) in [7, 11) is 1.80. The third-order valence-electron chi connectivity index (χ3n) is 3.20. The number of nitrogens with zero attached hydrogens (tertiary/aromatic N) is 4. The van der Waals surface area contributed by atoms with E-state index in [-0.39, 0.29) is 5.69 Å². The van der Waals surface area contributed by atoms with Gasteiger partial charge in [-0.1, -0.05) is 12.0 Å². The SMILES string of the molecule is C#Cc1cccc(-n2cc(Nc3ccn(C)n3)c(C(N)=O)n2)c1. The van der Waals surface area contributed by atoms with E-state index in [0.717, 1.165) is 11.3 Å². The van der Waals surface area contributed by atoms with E-state index in [1.807, 2.05) is 18.2 Å². The van der Waals surface area contributed by atoms with Crippen LogP contribution in [0.2, 0.25) is 0 Å². The third-order valence-corrected chi connectivity index (χ3v) is 3.20. The molecule has 3 aromatic rings. The Hall–Kier alpha value is -3.53. The Balaban J connectivity index is 2.01. The van der Waals surface area contributed by atoms with Crippen LogP contribution in [0, 0.1) is 12.3 Å². The highest BCUT2D eigenvalue weighted by Gasteiger charge is 2.16. The van der Waals surface area contributed by atoms with Crippen LogP contribution in [0.1, 0.15) is 16.1 Å². The van der Waals surface area contributed by atoms with E-state index < -0.39 is 5.91 Å². The highest BCUT2D eigenvalue weighted by Crippen LogP contribution is 2.21. The van der Waals surface area contributed by atoms with Crippen LogP contribution in [0.15, 0.2) is 42.7 Å². The number of amides is 1. The minimum Gasteiger partial charge on any atom is -0.364 e. The number of carbonyl (C=O) groups excluding carboxylic acids is 1. The Kier molecular flexibility index (Phi) is 3.57. The summed E-state index contributed by atoms with van der Waals surface area (Å²) in [6.45, 7) is 0. The zero-order valence-electron chi connectivity index (χ0n) is 12.4. The lowest BCUT2D eigenvalue weighted by molar-refractivity contribution is 0.0996. The van der Waals surface area contributed by atoms with Crippen LogP contribution in [0.5, 0.6) is 0 Å². The van der Waals surface area contributed by atoms with Crippen molar-refractivity contribution in [1.29, 1.82) is 0 Å². The van der Waals surface area contributed by atoms with Gasteiger partial charge in [0.05, 0.1) is 17.6 Å². The van der Waals surface area contributed by atoms with E-state index in [1.54, 1.807) is 40.9 Å². The van der Waals surface area contributed by atoms with Crippen molar-refractivity contribution in [2.75, 3.05) is 5.32 Å². The monoisotopic (exact) mass is 306 g/mol. The molecule has 2 aromatic heterocycles. The maximum Gasteiger partial charge on any atom is 0.271 e. The fourth-order valence-corrected chi connectivity index (χ4v) is 2.14. The molecule has 3 rings (SSSR count). The maximum atomic E-state index is 11.6. The lowest BCUT2D eigenvalue weighted by Gasteiger charge is -2.01. The number of anilines is 2. The molecule has 0 aliphatic rings. The maximum absolute atomic E-state index is 11.6. The van der Waals surface area contributed by atoms with Gasteiger partial charge in [-0.05, 0) is 18.2 Å². The van der Waals surface area contributed by atoms with Crippen LogP contribution in [0.4, 0.5) is 11.5 Å². The third kappa shape index (κ3) is 2.91. The minimum atomic E-state index is -0.629. The molecule has 2 heterocycles. The molecule has 1 aromatic carbocycles. The number of terminal acetylenes is 1. The van der Waals surface area contributed by atoms with Crippen LogP contribution >= 0.6 is 0 Å². The average Bonchev–Trinajstić information content (AvgIpc) is 3.14. The number of carbonyl (C=O) groups is 1. The van der Waals surface area contributed by atoms with Crippen LogP contribution in [-0.4, -0.2) is 25.5 Å². The standard InChI is InChI=1S/C16H14N6O/c1-3-11-5-4-6-12(9-11)22-10-13(15(20-22)16(17)23)18-14-7-8-21(2)19-14/h1,4-10H,2H3,(H2,17,23)(H,18,19). The number of primary amides is 1. The molecule has 3 N–H and O–H groups in total. The Bertz CT molecular complexity index is 915. The molecule has 0 spiro atoms. The molecule has 0 saturated carbocycles. The Labute approximate surface area is 132 Å². The quantitative estimate of drug-likeness (QED) is 0.713. The number of hydrogen-bond donors (Lipinski definition) is 2. The van der Waals surface area contributed by atoms with Gasteiger partial charge in [0, 0.05) is 24.9 Å². The first kappa shape index (κ1) is 14.4. The van der Waals surface area contributed by atoms with Gasteiger partial charge in [-0.15, -0.1) is 6.42 Å². The minimum absolute atomic E-state index is 0.127. The van der Waals surface area contributed by atoms with Gasteiger partial charge in [0.15, 0.2) is 11.5 Å². The number of hydrogen-bond acceptors (Lipinski definition) is 4. The Morgan fingerprint density at radius 2 is 2.17 bits per heavy atom. The number of nitrogens with two attached hydrogens (primary N) is 1. The highest BCUT2D eigenvalue weighted by atomic mass is 16.1. The molecular weight excluding hydrogens is 292 g/mol. The number of nitrogens with one attached hydrogen (secondary N) is 1. The van der Waals surface area contributed by atoms with Crippen LogP contribution in [0.25, 0.3) is 5.69 Å². The lowest BCUT2D eigenvalue weighted by atomic mass is 10.2. The van der Waals surface area contributed by atoms with Gasteiger partial charge < -0.3 is 11.1 Å². The molecule has 0 aliphatic heterocycles. The van der Waals surface area contributed by atoms with E-state index in [9.17, 15) is 4.79 Å². The van der Waals surface area contributed by atoms with Crippen LogP contribution < -0.4 is 11.1 Å². The summed E-state index contributed by atoms with van der Waals surface area (Å²) in [5.74, 6) is 2.52. The molecule has 0 fully saturated rings. The number of aromatic nitrogens is 4. The van der Waals surface area contributed by atoms with Crippen molar-refractivity contribution in [3.05, 3.63) is 54.0 Å². The van der Waals surface area contributed by atoms with E-state index in [0.29, 0.717) is 11.5 Å². The lowest BCUT2D eigenvalue weighted by Crippen LogP contribution is -2.14. The smallest absolute Gasteiger partial charge is 0.271 e. The predicted molar refractivity (Wildman–Crippen MR) is 86.5 cm³/mol. The molecule has 1 amide bonds. The molecule has 0 bridgehead atoms. The van der Waals surface area contributed by atoms with Crippen molar-refractivity contribution in [2.24, 2.45) is 12.8 Å². The second kappa shape index (κ2) is 5.69. The van der Waals surface area contributed by atoms with Gasteiger partial charge >= 0.3 is 0 Å². The second-order valence-corrected chi connectivity index (χ2v) is 4.89. The van der Waals surface area contributed by atoms with Gasteiger partial charge in [-0.2, -0.15) is 10.2 Å². The van der Waals surface area contributed by atoms with Crippen LogP contribution in [-0.2, 0) is 7.05 Å². The van der Waals surface area contributed by atoms with Crippen molar-refractivity contribution >= 4 is 17.4 Å². The molecule has 0 atom stereocenters. The summed E-state index contributed by atoms with van der Waals surface area (Å²) in [5.41, 5.74) is 7.46. The molecule has 0 unspecified atom stereocenters. The summed E-state index contributed by atoms with van der Waals surface area (Å²) in [5, 5.41) is 11.5. The van der Waals surface area contributed by atoms with E-state index in [4.69, 9.17) is 12.2 Å². The van der Waals surface area contributed by atoms with E-state index in [2.05, 4.69) is 21.4 Å². The van der Waals surface area contributed by atoms with Crippen LogP contribution in [0.3, 0.4) is 0 Å². The molecular formula is C16H14N6O. The van der Waals surface area contributed by atoms with Crippen molar-refractivity contribution in [2.45, 2.75) is 0 Å². The molecule has 7 heteroatoms. The van der Waals surface area contributed by atoms with Gasteiger partial charge in [-0.25, -0.2) is 4.68 Å². The summed E-state index contributed by atoms with van der Waals surface area (Å²) in [6.07, 6.45) is 8.86. The van der Waals surface area contributed by atoms with E-state index in [1.165, 1.54) is 0 Å². The molecule has 0 aliphatic carbocycles. The van der Waals surface area contributed by atoms with Crippen molar-refractivity contribution in [3.8, 4) is 18.0 Å². The number of rotatable bonds is 4. The molecule has 114 valence electrons. The largest absolute Gasteiger partial charge is 0.364 e. The zero-order valence-corrected chi connectivity index (χ0v) is 12.4. The van der Waals surface area contributed by atoms with Gasteiger partial charge in [0.25, 0.3) is 5.91 Å². The van der Waals surface area contributed by atoms with Gasteiger partial charge in [0.1, 0.15) is 0 Å². The summed E-state index contributed by atoms with van der Waals surface area (Å²) in [4.78, 5) is 11.6. The van der Waals surface area contributed by atoms with Crippen molar-refractivity contribution in [1.82, 2.24) is 19.6 Å². The fraction of sp³-hybridized carbons (Fsp3) is 0.0625. The molecule has 0 saturated heterocycles. The Morgan fingerprint density at radius 1 is 1.35 bits per heavy atom. The predicted octanol–water partition coefficient (Wildman–Crippen LogP) is 1.43. The normalized spacial score (nSPS) is 10.3. The molecule has 0 radical (unpaired) electrons. The topological polar surface area (TPSA) is 90.8 Å². The van der Waals surface area contributed by atoms with Gasteiger partial charge in [-0.3, -0.25) is 9.48 Å². The fourth-order valence-electron chi connectivity index (χ4n) is 2.14. The first-order valence-electron chi connectivity index (χ1n) is 6.80. The first-order chi connectivity index (χ1) is 11.1. The first-order valence-corrected chi connectivity index (χ1v) is 6.80. The number of aryl methyl sites for hydroxylation is 1. The second-order valence-electron chi connectivity index (χ2n) is 4.89. The number of benzene rings is 1. The van der Waals surface area contributed by atoms with Crippen molar-refractivity contribution < 1.29 is 4.79 Å². The summed E-state index contributed by atoms with van der Waals surface area (Å²) >= 11 is 0. The molecule has 23 heavy (non-hydrogen) atoms. The van der Waals surface area contributed by atoms with E-state index >= 15 is 0 Å². The van der Waals surface area contributed by atoms with Crippen molar-refractivity contribution in [3.63, 3.8) is 0 Å². The Morgan fingerprint density at radius 3 is 2.83 bits per heavy atom.